The molecule has 0 saturated heterocycles. The highest BCUT2D eigenvalue weighted by molar-refractivity contribution is 5.77. The average Bonchev–Trinajstić information content (AvgIpc) is 3.01. The van der Waals surface area contributed by atoms with Crippen LogP contribution in [0.15, 0.2) is 24.4 Å². The summed E-state index contributed by atoms with van der Waals surface area (Å²) in [5, 5.41) is 22.6. The highest BCUT2D eigenvalue weighted by Crippen LogP contribution is 2.31. The largest absolute Gasteiger partial charge is 0.493 e. The number of amides is 1. The summed E-state index contributed by atoms with van der Waals surface area (Å²) < 4.78 is 11.7. The van der Waals surface area contributed by atoms with Crippen molar-refractivity contribution in [1.82, 2.24) is 14.9 Å². The molecule has 0 radical (unpaired) electrons. The molecule has 2 N–H and O–H groups in total. The second kappa shape index (κ2) is 8.84. The molecule has 2 aromatic rings. The number of nitro groups is 1. The fraction of sp³-hybridized carbons (Fsp3) is 0.353. The Labute approximate surface area is 160 Å². The standard InChI is InChI=1S/C17H20N4O7/c1-10-18-15(21(25)26)8-20(10)9-16(22)19-12(7-17(23)24)11-4-5-13(27-2)14(6-11)28-3/h4-6,8,12H,7,9H2,1-3H3,(H,19,22)(H,23,24). The fourth-order valence-corrected chi connectivity index (χ4v) is 2.63. The van der Waals surface area contributed by atoms with Crippen molar-refractivity contribution in [2.45, 2.75) is 25.9 Å². The van der Waals surface area contributed by atoms with Gasteiger partial charge in [-0.05, 0) is 27.6 Å². The Morgan fingerprint density at radius 3 is 2.54 bits per heavy atom. The number of nitrogens with one attached hydrogen (secondary N) is 1. The summed E-state index contributed by atoms with van der Waals surface area (Å²) in [6.45, 7) is 1.29. The lowest BCUT2D eigenvalue weighted by atomic mass is 10.0. The molecule has 1 aromatic carbocycles. The predicted octanol–water partition coefficient (Wildman–Crippen LogP) is 1.45. The van der Waals surface area contributed by atoms with Crippen LogP contribution in [0.25, 0.3) is 0 Å². The van der Waals surface area contributed by atoms with Crippen LogP contribution in [-0.4, -0.2) is 45.7 Å². The molecular weight excluding hydrogens is 372 g/mol. The minimum Gasteiger partial charge on any atom is -0.493 e. The zero-order valence-electron chi connectivity index (χ0n) is 15.5. The summed E-state index contributed by atoms with van der Waals surface area (Å²) in [7, 11) is 2.92. The monoisotopic (exact) mass is 392 g/mol. The van der Waals surface area contributed by atoms with Crippen molar-refractivity contribution in [2.75, 3.05) is 14.2 Å². The molecule has 0 aliphatic heterocycles. The number of imidazole rings is 1. The number of carboxylic acids is 1. The topological polar surface area (TPSA) is 146 Å². The number of rotatable bonds is 9. The summed E-state index contributed by atoms with van der Waals surface area (Å²) >= 11 is 0. The normalized spacial score (nSPS) is 11.5. The van der Waals surface area contributed by atoms with Gasteiger partial charge in [-0.2, -0.15) is 0 Å². The molecule has 0 saturated carbocycles. The molecule has 1 amide bonds. The van der Waals surface area contributed by atoms with Crippen LogP contribution in [0.1, 0.15) is 23.9 Å². The predicted molar refractivity (Wildman–Crippen MR) is 96.3 cm³/mol. The van der Waals surface area contributed by atoms with E-state index in [-0.39, 0.29) is 18.8 Å². The van der Waals surface area contributed by atoms with E-state index in [1.807, 2.05) is 0 Å². The van der Waals surface area contributed by atoms with Crippen molar-refractivity contribution in [3.8, 4) is 11.5 Å². The van der Waals surface area contributed by atoms with Crippen LogP contribution in [0.4, 0.5) is 5.82 Å². The van der Waals surface area contributed by atoms with E-state index in [9.17, 15) is 24.8 Å². The molecule has 0 bridgehead atoms. The number of aryl methyl sites for hydroxylation is 1. The fourth-order valence-electron chi connectivity index (χ4n) is 2.63. The number of methoxy groups -OCH3 is 2. The number of carbonyl (C=O) groups is 2. The molecule has 1 aromatic heterocycles. The minimum atomic E-state index is -1.10. The van der Waals surface area contributed by atoms with E-state index in [4.69, 9.17) is 9.47 Å². The number of hydrogen-bond acceptors (Lipinski definition) is 7. The van der Waals surface area contributed by atoms with Gasteiger partial charge in [0.05, 0.1) is 26.7 Å². The molecule has 2 rings (SSSR count). The average molecular weight is 392 g/mol. The number of ether oxygens (including phenoxy) is 2. The second-order valence-corrected chi connectivity index (χ2v) is 5.86. The lowest BCUT2D eigenvalue weighted by Crippen LogP contribution is -2.33. The third-order valence-corrected chi connectivity index (χ3v) is 3.99. The summed E-state index contributed by atoms with van der Waals surface area (Å²) in [6.07, 6.45) is 0.793. The van der Waals surface area contributed by atoms with E-state index in [1.54, 1.807) is 18.2 Å². The molecule has 0 fully saturated rings. The number of aliphatic carboxylic acids is 1. The number of carboxylic acid groups (broad SMARTS) is 1. The first-order valence-corrected chi connectivity index (χ1v) is 8.16. The molecule has 1 unspecified atom stereocenters. The zero-order chi connectivity index (χ0) is 20.8. The van der Waals surface area contributed by atoms with Gasteiger partial charge in [-0.25, -0.2) is 0 Å². The molecule has 0 aliphatic rings. The Morgan fingerprint density at radius 2 is 2.00 bits per heavy atom. The molecule has 150 valence electrons. The molecule has 11 heteroatoms. The second-order valence-electron chi connectivity index (χ2n) is 5.86. The van der Waals surface area contributed by atoms with Crippen LogP contribution in [0, 0.1) is 17.0 Å². The molecule has 11 nitrogen and oxygen atoms in total. The Morgan fingerprint density at radius 1 is 1.32 bits per heavy atom. The van der Waals surface area contributed by atoms with Gasteiger partial charge >= 0.3 is 11.8 Å². The summed E-state index contributed by atoms with van der Waals surface area (Å²) in [5.41, 5.74) is 0.515. The highest BCUT2D eigenvalue weighted by Gasteiger charge is 2.22. The number of benzene rings is 1. The van der Waals surface area contributed by atoms with E-state index >= 15 is 0 Å². The molecule has 1 atom stereocenters. The van der Waals surface area contributed by atoms with Gasteiger partial charge in [0, 0.05) is 6.92 Å². The highest BCUT2D eigenvalue weighted by atomic mass is 16.6. The van der Waals surface area contributed by atoms with E-state index in [0.29, 0.717) is 22.9 Å². The Bertz CT molecular complexity index is 894. The van der Waals surface area contributed by atoms with E-state index < -0.39 is 22.8 Å². The third kappa shape index (κ3) is 4.96. The van der Waals surface area contributed by atoms with E-state index in [2.05, 4.69) is 10.3 Å². The van der Waals surface area contributed by atoms with Crippen molar-refractivity contribution in [2.24, 2.45) is 0 Å². The number of hydrogen-bond donors (Lipinski definition) is 2. The first kappa shape index (κ1) is 20.7. The first-order valence-electron chi connectivity index (χ1n) is 8.16. The maximum atomic E-state index is 12.4. The van der Waals surface area contributed by atoms with E-state index in [0.717, 1.165) is 6.20 Å². The van der Waals surface area contributed by atoms with Gasteiger partial charge in [-0.15, -0.1) is 0 Å². The van der Waals surface area contributed by atoms with Crippen LogP contribution in [0.3, 0.4) is 0 Å². The van der Waals surface area contributed by atoms with Crippen LogP contribution in [-0.2, 0) is 16.1 Å². The first-order chi connectivity index (χ1) is 13.2. The smallest absolute Gasteiger partial charge is 0.381 e. The zero-order valence-corrected chi connectivity index (χ0v) is 15.5. The van der Waals surface area contributed by atoms with Crippen LogP contribution in [0.2, 0.25) is 0 Å². The Hall–Kier alpha value is -3.63. The number of nitrogens with zero attached hydrogens (tertiary/aromatic N) is 3. The third-order valence-electron chi connectivity index (χ3n) is 3.99. The van der Waals surface area contributed by atoms with Gasteiger partial charge in [-0.3, -0.25) is 14.2 Å². The summed E-state index contributed by atoms with van der Waals surface area (Å²) in [5.74, 6) is -0.834. The Kier molecular flexibility index (Phi) is 6.53. The van der Waals surface area contributed by atoms with Gasteiger partial charge in [0.1, 0.15) is 12.7 Å². The number of aromatic nitrogens is 2. The van der Waals surface area contributed by atoms with Crippen molar-refractivity contribution < 1.29 is 29.1 Å². The van der Waals surface area contributed by atoms with Crippen LogP contribution < -0.4 is 14.8 Å². The van der Waals surface area contributed by atoms with Crippen LogP contribution >= 0.6 is 0 Å². The van der Waals surface area contributed by atoms with Crippen LogP contribution in [0.5, 0.6) is 11.5 Å². The van der Waals surface area contributed by atoms with Gasteiger partial charge in [0.25, 0.3) is 0 Å². The lowest BCUT2D eigenvalue weighted by Gasteiger charge is -2.19. The van der Waals surface area contributed by atoms with Crippen molar-refractivity contribution in [3.63, 3.8) is 0 Å². The maximum absolute atomic E-state index is 12.4. The molecular formula is C17H20N4O7. The maximum Gasteiger partial charge on any atom is 0.381 e. The lowest BCUT2D eigenvalue weighted by molar-refractivity contribution is -0.389. The quantitative estimate of drug-likeness (QED) is 0.481. The van der Waals surface area contributed by atoms with Crippen molar-refractivity contribution >= 4 is 17.7 Å². The number of carbonyl (C=O) groups excluding carboxylic acids is 1. The van der Waals surface area contributed by atoms with Gasteiger partial charge in [0.15, 0.2) is 11.5 Å². The van der Waals surface area contributed by atoms with Crippen molar-refractivity contribution in [1.29, 1.82) is 0 Å². The molecule has 1 heterocycles. The molecule has 28 heavy (non-hydrogen) atoms. The van der Waals surface area contributed by atoms with Gasteiger partial charge in [0.2, 0.25) is 11.7 Å². The summed E-state index contributed by atoms with van der Waals surface area (Å²) in [4.78, 5) is 37.5. The van der Waals surface area contributed by atoms with Gasteiger partial charge < -0.3 is 30.0 Å². The molecule has 0 aliphatic carbocycles. The van der Waals surface area contributed by atoms with E-state index in [1.165, 1.54) is 25.7 Å². The Balaban J connectivity index is 2.21. The van der Waals surface area contributed by atoms with Gasteiger partial charge in [-0.1, -0.05) is 6.07 Å². The van der Waals surface area contributed by atoms with Crippen molar-refractivity contribution in [3.05, 3.63) is 45.9 Å². The summed E-state index contributed by atoms with van der Waals surface area (Å²) in [6, 6.07) is 3.99. The SMILES string of the molecule is COc1ccc(C(CC(=O)O)NC(=O)Cn2cc([N+](=O)[O-])nc2C)cc1OC. The minimum absolute atomic E-state index is 0.240. The molecule has 0 spiro atoms.